The minimum absolute atomic E-state index is 0.641. The standard InChI is InChI=1S/C8H11NO3/c9-4-8(12)5-1-2-6(10)7(11)3-5/h1-3,8,10-12H,4,9H2/t8-/m1/s1/i1D,2D,3D,4D2. The zero-order valence-corrected chi connectivity index (χ0v) is 6.00. The fraction of sp³-hybridized carbons (Fsp3) is 0.250. The molecule has 0 spiro atoms. The molecule has 1 aromatic carbocycles. The first-order valence-corrected chi connectivity index (χ1v) is 3.07. The van der Waals surface area contributed by atoms with Crippen molar-refractivity contribution in [2.24, 2.45) is 5.73 Å². The van der Waals surface area contributed by atoms with Crippen molar-refractivity contribution in [2.45, 2.75) is 6.10 Å². The molecule has 0 aliphatic carbocycles. The van der Waals surface area contributed by atoms with Gasteiger partial charge in [-0.05, 0) is 17.6 Å². The van der Waals surface area contributed by atoms with E-state index < -0.39 is 47.8 Å². The summed E-state index contributed by atoms with van der Waals surface area (Å²) in [5, 5.41) is 28.0. The minimum Gasteiger partial charge on any atom is -0.504 e. The third-order valence-electron chi connectivity index (χ3n) is 1.22. The van der Waals surface area contributed by atoms with Crippen LogP contribution >= 0.6 is 0 Å². The maximum absolute atomic E-state index is 9.54. The van der Waals surface area contributed by atoms with Gasteiger partial charge in [0.2, 0.25) is 0 Å². The van der Waals surface area contributed by atoms with Gasteiger partial charge in [0.15, 0.2) is 11.5 Å². The molecule has 0 aliphatic heterocycles. The highest BCUT2D eigenvalue weighted by molar-refractivity contribution is 5.41. The van der Waals surface area contributed by atoms with Crippen LogP contribution in [0.25, 0.3) is 0 Å². The lowest BCUT2D eigenvalue weighted by molar-refractivity contribution is 0.186. The Bertz CT molecular complexity index is 430. The number of aliphatic hydroxyl groups is 1. The molecular weight excluding hydrogens is 158 g/mol. The second-order valence-electron chi connectivity index (χ2n) is 2.06. The van der Waals surface area contributed by atoms with Gasteiger partial charge in [-0.3, -0.25) is 0 Å². The fourth-order valence-corrected chi connectivity index (χ4v) is 0.624. The Hall–Kier alpha value is -1.26. The van der Waals surface area contributed by atoms with Crippen LogP contribution in [0.15, 0.2) is 18.1 Å². The Morgan fingerprint density at radius 3 is 2.75 bits per heavy atom. The van der Waals surface area contributed by atoms with Crippen LogP contribution in [-0.2, 0) is 0 Å². The van der Waals surface area contributed by atoms with E-state index in [2.05, 4.69) is 0 Å². The summed E-state index contributed by atoms with van der Waals surface area (Å²) in [6.45, 7) is -2.64. The van der Waals surface area contributed by atoms with Gasteiger partial charge in [-0.25, -0.2) is 0 Å². The molecule has 0 heterocycles. The minimum atomic E-state index is -2.64. The van der Waals surface area contributed by atoms with E-state index >= 15 is 0 Å². The molecule has 1 atom stereocenters. The Labute approximate surface area is 76.9 Å². The van der Waals surface area contributed by atoms with Crippen LogP contribution in [0.3, 0.4) is 0 Å². The molecular formula is C8H11NO3. The molecule has 0 bridgehead atoms. The van der Waals surface area contributed by atoms with E-state index in [-0.39, 0.29) is 0 Å². The van der Waals surface area contributed by atoms with E-state index in [1.165, 1.54) is 0 Å². The third-order valence-corrected chi connectivity index (χ3v) is 1.22. The summed E-state index contributed by atoms with van der Waals surface area (Å²) in [5.74, 6) is -1.96. The van der Waals surface area contributed by atoms with Crippen molar-refractivity contribution in [3.63, 3.8) is 0 Å². The number of benzene rings is 1. The average Bonchev–Trinajstić information content (AvgIpc) is 2.22. The van der Waals surface area contributed by atoms with Gasteiger partial charge in [0.1, 0.15) is 0 Å². The molecule has 1 aromatic rings. The quantitative estimate of drug-likeness (QED) is 0.478. The lowest BCUT2D eigenvalue weighted by Gasteiger charge is -2.08. The van der Waals surface area contributed by atoms with Crippen molar-refractivity contribution in [1.29, 1.82) is 0 Å². The summed E-state index contributed by atoms with van der Waals surface area (Å²) < 4.78 is 36.2. The first-order chi connectivity index (χ1) is 7.59. The van der Waals surface area contributed by atoms with Crippen LogP contribution in [0.5, 0.6) is 11.5 Å². The maximum atomic E-state index is 9.54. The average molecular weight is 174 g/mol. The van der Waals surface area contributed by atoms with Crippen molar-refractivity contribution in [3.8, 4) is 11.5 Å². The second-order valence-corrected chi connectivity index (χ2v) is 2.06. The first-order valence-electron chi connectivity index (χ1n) is 5.57. The molecule has 4 heteroatoms. The number of rotatable bonds is 2. The van der Waals surface area contributed by atoms with Crippen molar-refractivity contribution < 1.29 is 22.2 Å². The highest BCUT2D eigenvalue weighted by atomic mass is 16.3. The predicted octanol–water partition coefficient (Wildman–Crippen LogP) is 0.0899. The molecule has 66 valence electrons. The van der Waals surface area contributed by atoms with Gasteiger partial charge in [0, 0.05) is 9.24 Å². The van der Waals surface area contributed by atoms with E-state index in [4.69, 9.17) is 12.6 Å². The smallest absolute Gasteiger partial charge is 0.157 e. The summed E-state index contributed by atoms with van der Waals surface area (Å²) in [4.78, 5) is 0. The molecule has 0 saturated heterocycles. The number of aliphatic hydroxyl groups excluding tert-OH is 1. The molecule has 0 fully saturated rings. The molecule has 0 aliphatic rings. The van der Waals surface area contributed by atoms with Gasteiger partial charge in [0.25, 0.3) is 0 Å². The van der Waals surface area contributed by atoms with Crippen LogP contribution in [-0.4, -0.2) is 21.8 Å². The Kier molecular flexibility index (Phi) is 1.17. The van der Waals surface area contributed by atoms with E-state index in [0.717, 1.165) is 0 Å². The molecule has 0 aromatic heterocycles. The Morgan fingerprint density at radius 2 is 2.17 bits per heavy atom. The number of nitrogens with two attached hydrogens (primary N) is 1. The molecule has 4 nitrogen and oxygen atoms in total. The number of phenolic OH excluding ortho intramolecular Hbond substituents is 2. The molecule has 0 unspecified atom stereocenters. The number of hydrogen-bond donors (Lipinski definition) is 4. The Balaban J connectivity index is 3.55. The van der Waals surface area contributed by atoms with E-state index in [0.29, 0.717) is 0 Å². The summed E-state index contributed by atoms with van der Waals surface area (Å²) in [6.07, 6.45) is -2.06. The number of aromatic hydroxyl groups is 2. The molecule has 0 saturated carbocycles. The molecule has 0 radical (unpaired) electrons. The van der Waals surface area contributed by atoms with E-state index in [1.807, 2.05) is 0 Å². The first kappa shape index (κ1) is 4.11. The van der Waals surface area contributed by atoms with Gasteiger partial charge in [0.05, 0.1) is 10.2 Å². The lowest BCUT2D eigenvalue weighted by atomic mass is 10.1. The topological polar surface area (TPSA) is 86.7 Å². The van der Waals surface area contributed by atoms with Crippen molar-refractivity contribution in [3.05, 3.63) is 23.7 Å². The summed E-state index contributed by atoms with van der Waals surface area (Å²) >= 11 is 0. The predicted molar refractivity (Wildman–Crippen MR) is 43.8 cm³/mol. The van der Waals surface area contributed by atoms with Crippen LogP contribution in [0, 0.1) is 0 Å². The molecule has 1 rings (SSSR count). The summed E-state index contributed by atoms with van der Waals surface area (Å²) in [7, 11) is 0. The summed E-state index contributed by atoms with van der Waals surface area (Å²) in [5.41, 5.74) is 4.36. The van der Waals surface area contributed by atoms with Crippen LogP contribution in [0.2, 0.25) is 0 Å². The zero-order chi connectivity index (χ0) is 13.5. The SMILES string of the molecule is [2H]c1c([2H])c([C@H](O)C([2H])([2H])N)c([2H])c(O)c1O. The largest absolute Gasteiger partial charge is 0.504 e. The normalized spacial score (nSPS) is 20.0. The van der Waals surface area contributed by atoms with Crippen molar-refractivity contribution >= 4 is 0 Å². The molecule has 12 heavy (non-hydrogen) atoms. The van der Waals surface area contributed by atoms with E-state index in [1.54, 1.807) is 0 Å². The fourth-order valence-electron chi connectivity index (χ4n) is 0.624. The van der Waals surface area contributed by atoms with Gasteiger partial charge < -0.3 is 21.1 Å². The maximum Gasteiger partial charge on any atom is 0.157 e. The highest BCUT2D eigenvalue weighted by Crippen LogP contribution is 2.27. The van der Waals surface area contributed by atoms with E-state index in [9.17, 15) is 15.3 Å². The van der Waals surface area contributed by atoms with Crippen molar-refractivity contribution in [2.75, 3.05) is 6.50 Å². The lowest BCUT2D eigenvalue weighted by Crippen LogP contribution is -2.11. The zero-order valence-electron chi connectivity index (χ0n) is 11.0. The van der Waals surface area contributed by atoms with Crippen LogP contribution in [0.1, 0.15) is 18.5 Å². The summed E-state index contributed by atoms with van der Waals surface area (Å²) in [6, 6.07) is -2.39. The van der Waals surface area contributed by atoms with Crippen LogP contribution < -0.4 is 5.73 Å². The molecule has 5 N–H and O–H groups in total. The Morgan fingerprint density at radius 1 is 1.50 bits per heavy atom. The van der Waals surface area contributed by atoms with Crippen molar-refractivity contribution in [1.82, 2.24) is 0 Å². The highest BCUT2D eigenvalue weighted by Gasteiger charge is 2.07. The van der Waals surface area contributed by atoms with Gasteiger partial charge in [-0.1, -0.05) is 6.04 Å². The monoisotopic (exact) mass is 174 g/mol. The third kappa shape index (κ3) is 1.66. The number of phenols is 2. The second kappa shape index (κ2) is 3.42. The van der Waals surface area contributed by atoms with Gasteiger partial charge in [-0.2, -0.15) is 0 Å². The molecule has 0 amide bonds. The van der Waals surface area contributed by atoms with Crippen LogP contribution in [0.4, 0.5) is 0 Å². The number of hydrogen-bond acceptors (Lipinski definition) is 4. The van der Waals surface area contributed by atoms with Gasteiger partial charge in [-0.15, -0.1) is 0 Å². The van der Waals surface area contributed by atoms with Gasteiger partial charge >= 0.3 is 0 Å².